The highest BCUT2D eigenvalue weighted by Gasteiger charge is 2.11. The van der Waals surface area contributed by atoms with Crippen LogP contribution in [0.25, 0.3) is 16.9 Å². The summed E-state index contributed by atoms with van der Waals surface area (Å²) in [6.07, 6.45) is 5.32. The maximum Gasteiger partial charge on any atom is 0.132 e. The van der Waals surface area contributed by atoms with Crippen molar-refractivity contribution in [1.82, 2.24) is 14.5 Å². The number of anilines is 1. The molecule has 0 unspecified atom stereocenters. The molecule has 0 aliphatic rings. The van der Waals surface area contributed by atoms with Crippen LogP contribution in [0.4, 0.5) is 5.82 Å². The number of nitrogen functional groups attached to an aromatic ring is 1. The van der Waals surface area contributed by atoms with Crippen molar-refractivity contribution >= 4 is 5.82 Å². The molecule has 0 amide bonds. The molecule has 0 atom stereocenters. The average molecular weight is 278 g/mol. The summed E-state index contributed by atoms with van der Waals surface area (Å²) >= 11 is 0. The van der Waals surface area contributed by atoms with Crippen molar-refractivity contribution in [3.63, 3.8) is 0 Å². The fourth-order valence-electron chi connectivity index (χ4n) is 2.37. The Morgan fingerprint density at radius 3 is 2.76 bits per heavy atom. The molecule has 1 aromatic carbocycles. The summed E-state index contributed by atoms with van der Waals surface area (Å²) in [6, 6.07) is 12.3. The third-order valence-electron chi connectivity index (χ3n) is 3.57. The summed E-state index contributed by atoms with van der Waals surface area (Å²) < 4.78 is 2.04. The molecule has 2 heterocycles. The van der Waals surface area contributed by atoms with Gasteiger partial charge < -0.3 is 5.73 Å². The summed E-state index contributed by atoms with van der Waals surface area (Å²) in [5, 5.41) is 0. The highest BCUT2D eigenvalue weighted by Crippen LogP contribution is 2.27. The Labute approximate surface area is 124 Å². The first kappa shape index (κ1) is 13.4. The summed E-state index contributed by atoms with van der Waals surface area (Å²) in [6.45, 7) is 4.38. The third-order valence-corrected chi connectivity index (χ3v) is 3.57. The lowest BCUT2D eigenvalue weighted by molar-refractivity contribution is 0.863. The summed E-state index contributed by atoms with van der Waals surface area (Å²) in [4.78, 5) is 8.42. The molecule has 106 valence electrons. The summed E-state index contributed by atoms with van der Waals surface area (Å²) in [5.74, 6) is 1.000. The number of nitrogens with two attached hydrogens (primary N) is 1. The molecule has 2 aromatic heterocycles. The zero-order chi connectivity index (χ0) is 14.8. The molecule has 0 aliphatic carbocycles. The molecule has 3 aromatic rings. The number of benzene rings is 1. The highest BCUT2D eigenvalue weighted by atomic mass is 15.1. The Morgan fingerprint density at radius 2 is 2.00 bits per heavy atom. The maximum atomic E-state index is 5.98. The van der Waals surface area contributed by atoms with Crippen LogP contribution in [-0.4, -0.2) is 14.5 Å². The maximum absolute atomic E-state index is 5.98. The molecule has 0 saturated carbocycles. The van der Waals surface area contributed by atoms with Gasteiger partial charge in [-0.05, 0) is 35.7 Å². The minimum Gasteiger partial charge on any atom is -0.383 e. The van der Waals surface area contributed by atoms with Crippen LogP contribution < -0.4 is 5.73 Å². The molecule has 21 heavy (non-hydrogen) atoms. The van der Waals surface area contributed by atoms with Gasteiger partial charge in [0.1, 0.15) is 5.82 Å². The predicted octanol–water partition coefficient (Wildman–Crippen LogP) is 3.64. The monoisotopic (exact) mass is 278 g/mol. The van der Waals surface area contributed by atoms with Gasteiger partial charge in [0, 0.05) is 17.4 Å². The Hall–Kier alpha value is -2.62. The topological polar surface area (TPSA) is 56.7 Å². The lowest BCUT2D eigenvalue weighted by Crippen LogP contribution is -2.00. The number of hydrogen-bond donors (Lipinski definition) is 1. The first-order chi connectivity index (χ1) is 10.2. The molecule has 4 nitrogen and oxygen atoms in total. The second-order valence-corrected chi connectivity index (χ2v) is 5.33. The molecular weight excluding hydrogens is 260 g/mol. The van der Waals surface area contributed by atoms with E-state index >= 15 is 0 Å². The second kappa shape index (κ2) is 5.40. The van der Waals surface area contributed by atoms with Crippen LogP contribution in [0.1, 0.15) is 25.3 Å². The zero-order valence-electron chi connectivity index (χ0n) is 12.2. The Kier molecular flexibility index (Phi) is 3.44. The quantitative estimate of drug-likeness (QED) is 0.795. The van der Waals surface area contributed by atoms with E-state index in [1.54, 1.807) is 12.5 Å². The normalized spacial score (nSPS) is 11.0. The van der Waals surface area contributed by atoms with E-state index in [4.69, 9.17) is 5.73 Å². The largest absolute Gasteiger partial charge is 0.383 e. The average Bonchev–Trinajstić information content (AvgIpc) is 2.97. The van der Waals surface area contributed by atoms with E-state index in [0.29, 0.717) is 11.7 Å². The predicted molar refractivity (Wildman–Crippen MR) is 85.3 cm³/mol. The minimum absolute atomic E-state index is 0.486. The van der Waals surface area contributed by atoms with Crippen LogP contribution in [0.3, 0.4) is 0 Å². The molecule has 4 heteroatoms. The van der Waals surface area contributed by atoms with Gasteiger partial charge in [-0.3, -0.25) is 4.57 Å². The van der Waals surface area contributed by atoms with E-state index in [1.165, 1.54) is 5.56 Å². The van der Waals surface area contributed by atoms with Crippen molar-refractivity contribution in [2.24, 2.45) is 0 Å². The number of nitrogens with zero attached hydrogens (tertiary/aromatic N) is 3. The van der Waals surface area contributed by atoms with Gasteiger partial charge in [0.15, 0.2) is 0 Å². The summed E-state index contributed by atoms with van der Waals surface area (Å²) in [5.41, 5.74) is 10.2. The van der Waals surface area contributed by atoms with Crippen molar-refractivity contribution in [1.29, 1.82) is 0 Å². The van der Waals surface area contributed by atoms with Crippen LogP contribution in [-0.2, 0) is 0 Å². The van der Waals surface area contributed by atoms with Crippen LogP contribution in [0.15, 0.2) is 55.1 Å². The smallest absolute Gasteiger partial charge is 0.132 e. The lowest BCUT2D eigenvalue weighted by atomic mass is 10.0. The van der Waals surface area contributed by atoms with E-state index in [0.717, 1.165) is 16.9 Å². The fourth-order valence-corrected chi connectivity index (χ4v) is 2.37. The van der Waals surface area contributed by atoms with Crippen LogP contribution in [0.2, 0.25) is 0 Å². The molecule has 0 radical (unpaired) electrons. The van der Waals surface area contributed by atoms with E-state index in [1.807, 2.05) is 22.9 Å². The first-order valence-electron chi connectivity index (χ1n) is 7.00. The van der Waals surface area contributed by atoms with Crippen molar-refractivity contribution in [3.8, 4) is 16.9 Å². The Bertz CT molecular complexity index is 759. The zero-order valence-corrected chi connectivity index (χ0v) is 12.2. The van der Waals surface area contributed by atoms with E-state index in [-0.39, 0.29) is 0 Å². The number of rotatable bonds is 3. The Morgan fingerprint density at radius 1 is 1.14 bits per heavy atom. The molecule has 0 aliphatic heterocycles. The van der Waals surface area contributed by atoms with E-state index in [2.05, 4.69) is 48.1 Å². The van der Waals surface area contributed by atoms with Gasteiger partial charge in [0.25, 0.3) is 0 Å². The van der Waals surface area contributed by atoms with Crippen molar-refractivity contribution in [2.75, 3.05) is 5.73 Å². The number of hydrogen-bond acceptors (Lipinski definition) is 3. The van der Waals surface area contributed by atoms with Crippen LogP contribution in [0.5, 0.6) is 0 Å². The lowest BCUT2D eigenvalue weighted by Gasteiger charge is -2.12. The molecular formula is C17H18N4. The van der Waals surface area contributed by atoms with Gasteiger partial charge in [0.2, 0.25) is 0 Å². The van der Waals surface area contributed by atoms with Gasteiger partial charge in [-0.15, -0.1) is 0 Å². The minimum atomic E-state index is 0.486. The first-order valence-corrected chi connectivity index (χ1v) is 7.00. The van der Waals surface area contributed by atoms with Gasteiger partial charge >= 0.3 is 0 Å². The van der Waals surface area contributed by atoms with Gasteiger partial charge in [0.05, 0.1) is 18.2 Å². The van der Waals surface area contributed by atoms with Crippen molar-refractivity contribution in [3.05, 3.63) is 60.7 Å². The fraction of sp³-hybridized carbons (Fsp3) is 0.176. The Balaban J connectivity index is 2.12. The van der Waals surface area contributed by atoms with Crippen LogP contribution >= 0.6 is 0 Å². The summed E-state index contributed by atoms with van der Waals surface area (Å²) in [7, 11) is 0. The SMILES string of the molecule is CC(C)c1cccc(-n2cncc2-c2cccnc2N)c1. The van der Waals surface area contributed by atoms with Gasteiger partial charge in [-0.1, -0.05) is 26.0 Å². The number of imidazole rings is 1. The molecule has 0 fully saturated rings. The standard InChI is InChI=1S/C17H18N4/c1-12(2)13-5-3-6-14(9-13)21-11-19-10-16(21)15-7-4-8-20-17(15)18/h3-12H,1-2H3,(H2,18,20). The highest BCUT2D eigenvalue weighted by molar-refractivity contribution is 5.72. The molecule has 0 spiro atoms. The van der Waals surface area contributed by atoms with Crippen molar-refractivity contribution in [2.45, 2.75) is 19.8 Å². The number of pyridine rings is 1. The number of aromatic nitrogens is 3. The van der Waals surface area contributed by atoms with Crippen LogP contribution in [0, 0.1) is 0 Å². The van der Waals surface area contributed by atoms with E-state index < -0.39 is 0 Å². The van der Waals surface area contributed by atoms with Gasteiger partial charge in [-0.2, -0.15) is 0 Å². The van der Waals surface area contributed by atoms with Gasteiger partial charge in [-0.25, -0.2) is 9.97 Å². The molecule has 2 N–H and O–H groups in total. The second-order valence-electron chi connectivity index (χ2n) is 5.33. The molecule has 3 rings (SSSR count). The van der Waals surface area contributed by atoms with E-state index in [9.17, 15) is 0 Å². The molecule has 0 bridgehead atoms. The third kappa shape index (κ3) is 2.52. The molecule has 0 saturated heterocycles. The van der Waals surface area contributed by atoms with Crippen molar-refractivity contribution < 1.29 is 0 Å².